The summed E-state index contributed by atoms with van der Waals surface area (Å²) in [6.07, 6.45) is 5.62. The van der Waals surface area contributed by atoms with Crippen molar-refractivity contribution >= 4 is 0 Å². The van der Waals surface area contributed by atoms with Crippen molar-refractivity contribution in [1.82, 2.24) is 0 Å². The molecule has 52 valence electrons. The van der Waals surface area contributed by atoms with Crippen LogP contribution in [0.4, 0.5) is 0 Å². The van der Waals surface area contributed by atoms with Crippen molar-refractivity contribution in [1.29, 1.82) is 0 Å². The molecule has 0 spiro atoms. The molecule has 1 aliphatic rings. The van der Waals surface area contributed by atoms with Crippen LogP contribution in [0.3, 0.4) is 0 Å². The molecule has 4 heteroatoms. The van der Waals surface area contributed by atoms with Crippen molar-refractivity contribution in [2.24, 2.45) is 0 Å². The fourth-order valence-corrected chi connectivity index (χ4v) is 1.12. The van der Waals surface area contributed by atoms with E-state index in [9.17, 15) is 10.1 Å². The number of hydrogen-bond donors (Lipinski definition) is 0. The van der Waals surface area contributed by atoms with Gasteiger partial charge in [0.2, 0.25) is 0 Å². The van der Waals surface area contributed by atoms with Crippen LogP contribution >= 0.6 is 0 Å². The molecule has 1 fully saturated rings. The first-order valence-corrected chi connectivity index (χ1v) is 3.27. The van der Waals surface area contributed by atoms with Gasteiger partial charge in [0.1, 0.15) is 0 Å². The molecule has 1 unspecified atom stereocenters. The Kier molecular flexibility index (Phi) is 4.76. The largest absolute Gasteiger partial charge is 1.00 e. The number of hydrogen-bond acceptors (Lipinski definition) is 2. The summed E-state index contributed by atoms with van der Waals surface area (Å²) in [6, 6.07) is -0.348. The standard InChI is InChI=1S/C6H10NO2.Li/c8-7(9)6-4-2-1-3-5-6;/h4,6H,1-3,5H2;/q-1;+1. The zero-order valence-electron chi connectivity index (χ0n) is 6.25. The molecule has 10 heavy (non-hydrogen) atoms. The van der Waals surface area contributed by atoms with Crippen LogP contribution in [0, 0.1) is 16.5 Å². The average Bonchev–Trinajstić information content (AvgIpc) is 1.90. The third kappa shape index (κ3) is 2.72. The van der Waals surface area contributed by atoms with Crippen LogP contribution < -0.4 is 18.9 Å². The zero-order valence-corrected chi connectivity index (χ0v) is 6.25. The third-order valence-electron chi connectivity index (χ3n) is 1.66. The second-order valence-corrected chi connectivity index (χ2v) is 2.37. The van der Waals surface area contributed by atoms with Gasteiger partial charge in [-0.1, -0.05) is 12.8 Å². The molecular weight excluding hydrogens is 125 g/mol. The van der Waals surface area contributed by atoms with Crippen LogP contribution in [0.2, 0.25) is 0 Å². The minimum atomic E-state index is -0.348. The van der Waals surface area contributed by atoms with Gasteiger partial charge in [0, 0.05) is 0 Å². The van der Waals surface area contributed by atoms with E-state index in [0.717, 1.165) is 25.7 Å². The third-order valence-corrected chi connectivity index (χ3v) is 1.66. The van der Waals surface area contributed by atoms with E-state index in [2.05, 4.69) is 0 Å². The van der Waals surface area contributed by atoms with E-state index in [1.165, 1.54) is 0 Å². The van der Waals surface area contributed by atoms with Gasteiger partial charge in [-0.2, -0.15) is 6.42 Å². The molecule has 0 aromatic rings. The summed E-state index contributed by atoms with van der Waals surface area (Å²) in [4.78, 5) is 9.93. The maximum Gasteiger partial charge on any atom is 1.00 e. The maximum atomic E-state index is 10.1. The molecule has 0 heterocycles. The van der Waals surface area contributed by atoms with Crippen LogP contribution in [0.5, 0.6) is 0 Å². The summed E-state index contributed by atoms with van der Waals surface area (Å²) in [5, 5.41) is 10.1. The van der Waals surface area contributed by atoms with E-state index in [4.69, 9.17) is 0 Å². The quantitative estimate of drug-likeness (QED) is 0.188. The van der Waals surface area contributed by atoms with Gasteiger partial charge in [-0.15, -0.1) is 0 Å². The Bertz CT molecular complexity index is 112. The van der Waals surface area contributed by atoms with E-state index >= 15 is 0 Å². The van der Waals surface area contributed by atoms with Crippen LogP contribution in [-0.4, -0.2) is 11.0 Å². The van der Waals surface area contributed by atoms with Gasteiger partial charge in [0.15, 0.2) is 0 Å². The fourth-order valence-electron chi connectivity index (χ4n) is 1.12. The Balaban J connectivity index is 0.000000810. The van der Waals surface area contributed by atoms with E-state index in [0.29, 0.717) is 0 Å². The Hall–Kier alpha value is -0.00260. The summed E-state index contributed by atoms with van der Waals surface area (Å²) in [5.74, 6) is 0. The molecule has 1 rings (SSSR count). The summed E-state index contributed by atoms with van der Waals surface area (Å²) in [5.41, 5.74) is 0. The van der Waals surface area contributed by atoms with Crippen LogP contribution in [0.15, 0.2) is 0 Å². The molecule has 1 aliphatic carbocycles. The van der Waals surface area contributed by atoms with Crippen molar-refractivity contribution in [3.05, 3.63) is 16.5 Å². The summed E-state index contributed by atoms with van der Waals surface area (Å²) < 4.78 is 0. The molecule has 0 aliphatic heterocycles. The molecule has 0 amide bonds. The van der Waals surface area contributed by atoms with Gasteiger partial charge < -0.3 is 0 Å². The number of nitrogens with zero attached hydrogens (tertiary/aromatic N) is 1. The summed E-state index contributed by atoms with van der Waals surface area (Å²) >= 11 is 0. The number of rotatable bonds is 1. The van der Waals surface area contributed by atoms with E-state index < -0.39 is 0 Å². The molecule has 0 saturated heterocycles. The van der Waals surface area contributed by atoms with E-state index in [1.54, 1.807) is 0 Å². The van der Waals surface area contributed by atoms with Gasteiger partial charge >= 0.3 is 18.9 Å². The maximum absolute atomic E-state index is 10.1. The number of nitro groups is 1. The molecule has 3 nitrogen and oxygen atoms in total. The van der Waals surface area contributed by atoms with Crippen LogP contribution in [0.1, 0.15) is 25.7 Å². The monoisotopic (exact) mass is 135 g/mol. The summed E-state index contributed by atoms with van der Waals surface area (Å²) in [6.45, 7) is 0. The Morgan fingerprint density at radius 3 is 2.50 bits per heavy atom. The zero-order chi connectivity index (χ0) is 6.69. The first-order chi connectivity index (χ1) is 4.30. The average molecular weight is 135 g/mol. The van der Waals surface area contributed by atoms with E-state index in [1.807, 2.05) is 6.42 Å². The summed E-state index contributed by atoms with van der Waals surface area (Å²) in [7, 11) is 0. The van der Waals surface area contributed by atoms with Crippen molar-refractivity contribution in [2.45, 2.75) is 31.7 Å². The van der Waals surface area contributed by atoms with Gasteiger partial charge in [-0.3, -0.25) is 16.5 Å². The van der Waals surface area contributed by atoms with Crippen molar-refractivity contribution in [3.8, 4) is 0 Å². The first kappa shape index (κ1) is 10.00. The second-order valence-electron chi connectivity index (χ2n) is 2.37. The molecule has 0 radical (unpaired) electrons. The molecule has 1 atom stereocenters. The Labute approximate surface area is 72.5 Å². The van der Waals surface area contributed by atoms with Crippen molar-refractivity contribution in [2.75, 3.05) is 0 Å². The first-order valence-electron chi connectivity index (χ1n) is 3.27. The fraction of sp³-hybridized carbons (Fsp3) is 0.833. The van der Waals surface area contributed by atoms with Gasteiger partial charge in [0.05, 0.1) is 6.04 Å². The minimum Gasteiger partial charge on any atom is -0.267 e. The predicted octanol–water partition coefficient (Wildman–Crippen LogP) is -1.59. The second kappa shape index (κ2) is 4.76. The molecule has 0 N–H and O–H groups in total. The molecule has 0 aromatic heterocycles. The molecule has 1 saturated carbocycles. The van der Waals surface area contributed by atoms with Crippen LogP contribution in [0.25, 0.3) is 0 Å². The van der Waals surface area contributed by atoms with Gasteiger partial charge in [0.25, 0.3) is 0 Å². The normalized spacial score (nSPS) is 25.0. The van der Waals surface area contributed by atoms with Crippen molar-refractivity contribution < 1.29 is 23.8 Å². The molecule has 0 aromatic carbocycles. The topological polar surface area (TPSA) is 43.1 Å². The minimum absolute atomic E-state index is 0. The molecule has 0 bridgehead atoms. The predicted molar refractivity (Wildman–Crippen MR) is 33.6 cm³/mol. The van der Waals surface area contributed by atoms with Gasteiger partial charge in [-0.05, 0) is 11.3 Å². The smallest absolute Gasteiger partial charge is 0.267 e. The Morgan fingerprint density at radius 2 is 2.20 bits per heavy atom. The molecular formula is C6H10LiNO2. The Morgan fingerprint density at radius 1 is 1.50 bits per heavy atom. The van der Waals surface area contributed by atoms with Crippen molar-refractivity contribution in [3.63, 3.8) is 0 Å². The van der Waals surface area contributed by atoms with Crippen LogP contribution in [-0.2, 0) is 0 Å². The SMILES string of the molecule is O=[N+]([O-])C1[CH-]CCCC1.[Li+]. The van der Waals surface area contributed by atoms with E-state index in [-0.39, 0.29) is 29.8 Å². The van der Waals surface area contributed by atoms with Gasteiger partial charge in [-0.25, -0.2) is 0 Å².